The zero-order valence-electron chi connectivity index (χ0n) is 13.0. The van der Waals surface area contributed by atoms with Crippen molar-refractivity contribution in [2.75, 3.05) is 0 Å². The predicted molar refractivity (Wildman–Crippen MR) is 82.7 cm³/mol. The fourth-order valence-corrected chi connectivity index (χ4v) is 2.19. The summed E-state index contributed by atoms with van der Waals surface area (Å²) >= 11 is 0. The van der Waals surface area contributed by atoms with Crippen molar-refractivity contribution in [1.82, 2.24) is 0 Å². The first-order chi connectivity index (χ1) is 8.95. The molecule has 0 spiro atoms. The minimum atomic E-state index is -0.290. The van der Waals surface area contributed by atoms with Crippen molar-refractivity contribution in [1.29, 1.82) is 0 Å². The molecule has 0 bridgehead atoms. The van der Waals surface area contributed by atoms with Gasteiger partial charge >= 0.3 is 0 Å². The molecule has 0 saturated heterocycles. The van der Waals surface area contributed by atoms with Crippen LogP contribution in [0, 0.1) is 5.41 Å². The first-order valence-corrected chi connectivity index (χ1v) is 7.59. The van der Waals surface area contributed by atoms with Gasteiger partial charge in [-0.2, -0.15) is 0 Å². The Hall–Kier alpha value is -1.11. The molecule has 0 aromatic heterocycles. The largest absolute Gasteiger partial charge is 0.294 e. The maximum absolute atomic E-state index is 12.1. The van der Waals surface area contributed by atoms with Gasteiger partial charge in [-0.05, 0) is 18.4 Å². The molecular weight excluding hydrogens is 232 g/mol. The van der Waals surface area contributed by atoms with Crippen LogP contribution >= 0.6 is 0 Å². The van der Waals surface area contributed by atoms with Crippen LogP contribution < -0.4 is 0 Å². The predicted octanol–water partition coefficient (Wildman–Crippen LogP) is 5.43. The fourth-order valence-electron chi connectivity index (χ4n) is 2.19. The molecule has 0 aliphatic rings. The Morgan fingerprint density at radius 1 is 0.947 bits per heavy atom. The summed E-state index contributed by atoms with van der Waals surface area (Å²) in [6.07, 6.45) is 7.69. The standard InChI is InChI=1S/C18H28O/c1-5-6-7-8-9-10-15-11-13-16(14-12-15)17(19)18(2,3)4/h11-14H,5-10H2,1-4H3. The second kappa shape index (κ2) is 7.47. The van der Waals surface area contributed by atoms with Crippen LogP contribution in [0.1, 0.15) is 75.7 Å². The van der Waals surface area contributed by atoms with E-state index >= 15 is 0 Å². The van der Waals surface area contributed by atoms with Crippen LogP contribution in [0.15, 0.2) is 24.3 Å². The molecule has 1 heteroatoms. The molecule has 1 aromatic rings. The molecule has 0 radical (unpaired) electrons. The summed E-state index contributed by atoms with van der Waals surface area (Å²) in [6, 6.07) is 8.18. The van der Waals surface area contributed by atoms with E-state index in [1.54, 1.807) is 0 Å². The molecular formula is C18H28O. The van der Waals surface area contributed by atoms with Gasteiger partial charge in [0.05, 0.1) is 0 Å². The summed E-state index contributed by atoms with van der Waals surface area (Å²) in [5.74, 6) is 0.224. The third-order valence-electron chi connectivity index (χ3n) is 3.47. The smallest absolute Gasteiger partial charge is 0.168 e. The summed E-state index contributed by atoms with van der Waals surface area (Å²) in [7, 11) is 0. The maximum atomic E-state index is 12.1. The number of hydrogen-bond acceptors (Lipinski definition) is 1. The van der Waals surface area contributed by atoms with Crippen molar-refractivity contribution < 1.29 is 4.79 Å². The average molecular weight is 260 g/mol. The minimum absolute atomic E-state index is 0.224. The Morgan fingerprint density at radius 2 is 1.53 bits per heavy atom. The van der Waals surface area contributed by atoms with Gasteiger partial charge in [0.15, 0.2) is 5.78 Å². The van der Waals surface area contributed by atoms with Crippen molar-refractivity contribution in [3.63, 3.8) is 0 Å². The highest BCUT2D eigenvalue weighted by atomic mass is 16.1. The van der Waals surface area contributed by atoms with Gasteiger partial charge in [-0.3, -0.25) is 4.79 Å². The van der Waals surface area contributed by atoms with Crippen LogP contribution in [0.5, 0.6) is 0 Å². The van der Waals surface area contributed by atoms with Gasteiger partial charge in [0, 0.05) is 11.0 Å². The molecule has 0 fully saturated rings. The normalized spacial score (nSPS) is 11.6. The lowest BCUT2D eigenvalue weighted by Crippen LogP contribution is -2.20. The number of Topliss-reactive ketones (excluding diaryl/α,β-unsaturated/α-hetero) is 1. The zero-order chi connectivity index (χ0) is 14.3. The van der Waals surface area contributed by atoms with Crippen molar-refractivity contribution in [2.24, 2.45) is 5.41 Å². The zero-order valence-corrected chi connectivity index (χ0v) is 13.0. The number of carbonyl (C=O) groups excluding carboxylic acids is 1. The summed E-state index contributed by atoms with van der Waals surface area (Å²) in [6.45, 7) is 8.15. The van der Waals surface area contributed by atoms with E-state index in [1.807, 2.05) is 32.9 Å². The molecule has 0 N–H and O–H groups in total. The van der Waals surface area contributed by atoms with E-state index in [-0.39, 0.29) is 11.2 Å². The van der Waals surface area contributed by atoms with Crippen LogP contribution in [0.3, 0.4) is 0 Å². The van der Waals surface area contributed by atoms with Crippen molar-refractivity contribution >= 4 is 5.78 Å². The summed E-state index contributed by atoms with van der Waals surface area (Å²) in [4.78, 5) is 12.1. The number of benzene rings is 1. The van der Waals surface area contributed by atoms with E-state index in [0.717, 1.165) is 12.0 Å². The molecule has 0 unspecified atom stereocenters. The van der Waals surface area contributed by atoms with Gasteiger partial charge in [0.25, 0.3) is 0 Å². The second-order valence-corrected chi connectivity index (χ2v) is 6.44. The molecule has 0 aliphatic carbocycles. The number of carbonyl (C=O) groups is 1. The Morgan fingerprint density at radius 3 is 2.05 bits per heavy atom. The van der Waals surface area contributed by atoms with Gasteiger partial charge in [0.1, 0.15) is 0 Å². The molecule has 0 aliphatic heterocycles. The quantitative estimate of drug-likeness (QED) is 0.472. The van der Waals surface area contributed by atoms with Gasteiger partial charge in [-0.25, -0.2) is 0 Å². The number of unbranched alkanes of at least 4 members (excludes halogenated alkanes) is 4. The van der Waals surface area contributed by atoms with Crippen LogP contribution in [0.2, 0.25) is 0 Å². The number of aryl methyl sites for hydroxylation is 1. The third-order valence-corrected chi connectivity index (χ3v) is 3.47. The summed E-state index contributed by atoms with van der Waals surface area (Å²) in [5, 5.41) is 0. The van der Waals surface area contributed by atoms with Crippen molar-refractivity contribution in [3.05, 3.63) is 35.4 Å². The first kappa shape index (κ1) is 15.9. The van der Waals surface area contributed by atoms with E-state index in [9.17, 15) is 4.79 Å². The highest BCUT2D eigenvalue weighted by Gasteiger charge is 2.22. The Balaban J connectivity index is 2.46. The lowest BCUT2D eigenvalue weighted by molar-refractivity contribution is 0.0858. The van der Waals surface area contributed by atoms with E-state index in [2.05, 4.69) is 19.1 Å². The van der Waals surface area contributed by atoms with Crippen LogP contribution in [-0.2, 0) is 6.42 Å². The van der Waals surface area contributed by atoms with Crippen molar-refractivity contribution in [2.45, 2.75) is 66.2 Å². The number of ketones is 1. The number of rotatable bonds is 7. The second-order valence-electron chi connectivity index (χ2n) is 6.44. The van der Waals surface area contributed by atoms with E-state index < -0.39 is 0 Å². The van der Waals surface area contributed by atoms with Gasteiger partial charge in [0.2, 0.25) is 0 Å². The molecule has 0 heterocycles. The van der Waals surface area contributed by atoms with Gasteiger partial charge < -0.3 is 0 Å². The number of hydrogen-bond donors (Lipinski definition) is 0. The first-order valence-electron chi connectivity index (χ1n) is 7.59. The highest BCUT2D eigenvalue weighted by molar-refractivity contribution is 5.99. The topological polar surface area (TPSA) is 17.1 Å². The van der Waals surface area contributed by atoms with Gasteiger partial charge in [-0.1, -0.05) is 77.6 Å². The summed E-state index contributed by atoms with van der Waals surface area (Å²) in [5.41, 5.74) is 1.89. The fraction of sp³-hybridized carbons (Fsp3) is 0.611. The maximum Gasteiger partial charge on any atom is 0.168 e. The van der Waals surface area contributed by atoms with Crippen molar-refractivity contribution in [3.8, 4) is 0 Å². The Bertz CT molecular complexity index is 381. The molecule has 0 atom stereocenters. The average Bonchev–Trinajstić information content (AvgIpc) is 2.37. The minimum Gasteiger partial charge on any atom is -0.294 e. The molecule has 0 amide bonds. The Labute approximate surface area is 118 Å². The van der Waals surface area contributed by atoms with Gasteiger partial charge in [-0.15, -0.1) is 0 Å². The van der Waals surface area contributed by atoms with E-state index in [4.69, 9.17) is 0 Å². The third kappa shape index (κ3) is 5.59. The van der Waals surface area contributed by atoms with Crippen LogP contribution in [0.4, 0.5) is 0 Å². The van der Waals surface area contributed by atoms with E-state index in [1.165, 1.54) is 37.7 Å². The summed E-state index contributed by atoms with van der Waals surface area (Å²) < 4.78 is 0. The van der Waals surface area contributed by atoms with Crippen LogP contribution in [-0.4, -0.2) is 5.78 Å². The lowest BCUT2D eigenvalue weighted by atomic mass is 9.86. The SMILES string of the molecule is CCCCCCCc1ccc(C(=O)C(C)(C)C)cc1. The molecule has 1 nitrogen and oxygen atoms in total. The highest BCUT2D eigenvalue weighted by Crippen LogP contribution is 2.21. The molecule has 106 valence electrons. The monoisotopic (exact) mass is 260 g/mol. The molecule has 19 heavy (non-hydrogen) atoms. The Kier molecular flexibility index (Phi) is 6.27. The molecule has 1 rings (SSSR count). The molecule has 1 aromatic carbocycles. The van der Waals surface area contributed by atoms with Crippen LogP contribution in [0.25, 0.3) is 0 Å². The molecule has 0 saturated carbocycles. The van der Waals surface area contributed by atoms with E-state index in [0.29, 0.717) is 0 Å². The lowest BCUT2D eigenvalue weighted by Gasteiger charge is -2.16.